The van der Waals surface area contributed by atoms with Crippen LogP contribution in [0.5, 0.6) is 11.5 Å². The van der Waals surface area contributed by atoms with E-state index in [9.17, 15) is 0 Å². The zero-order valence-corrected chi connectivity index (χ0v) is 49.0. The highest BCUT2D eigenvalue weighted by Crippen LogP contribution is 2.42. The molecule has 74 heavy (non-hydrogen) atoms. The van der Waals surface area contributed by atoms with Crippen molar-refractivity contribution in [1.82, 2.24) is 18.7 Å². The lowest BCUT2D eigenvalue weighted by molar-refractivity contribution is 0.224. The van der Waals surface area contributed by atoms with E-state index >= 15 is 0 Å². The Labute approximate surface area is 458 Å². The molecule has 0 aliphatic heterocycles. The van der Waals surface area contributed by atoms with Gasteiger partial charge in [-0.05, 0) is 112 Å². The maximum atomic E-state index is 6.68. The largest absolute Gasteiger partial charge is 0.493 e. The summed E-state index contributed by atoms with van der Waals surface area (Å²) in [4.78, 5) is 13.6. The molecule has 0 fully saturated rings. The third kappa shape index (κ3) is 19.6. The van der Waals surface area contributed by atoms with Crippen molar-refractivity contribution in [3.05, 3.63) is 71.1 Å². The fourth-order valence-electron chi connectivity index (χ4n) is 10.9. The Bertz CT molecular complexity index is 2420. The lowest BCUT2D eigenvalue weighted by atomic mass is 9.94. The molecule has 2 atom stereocenters. The lowest BCUT2D eigenvalue weighted by Gasteiger charge is -2.19. The van der Waals surface area contributed by atoms with E-state index in [1.54, 1.807) is 11.3 Å². The molecular weight excluding hydrogens is 945 g/mol. The molecule has 6 nitrogen and oxygen atoms in total. The second kappa shape index (κ2) is 34.7. The minimum absolute atomic E-state index is 0.589. The van der Waals surface area contributed by atoms with Gasteiger partial charge in [0.2, 0.25) is 0 Å². The minimum Gasteiger partial charge on any atom is -0.493 e. The first-order valence-electron chi connectivity index (χ1n) is 30.4. The van der Waals surface area contributed by atoms with Gasteiger partial charge in [0.25, 0.3) is 0 Å². The molecular formula is C66H98N4O2S2. The predicted octanol–water partition coefficient (Wildman–Crippen LogP) is 21.9. The Morgan fingerprint density at radius 2 is 0.757 bits per heavy atom. The van der Waals surface area contributed by atoms with Crippen molar-refractivity contribution in [2.24, 2.45) is 11.8 Å². The molecule has 0 N–H and O–H groups in total. The van der Waals surface area contributed by atoms with Gasteiger partial charge in [-0.3, -0.25) is 0 Å². The highest BCUT2D eigenvalue weighted by Gasteiger charge is 2.24. The van der Waals surface area contributed by atoms with E-state index in [-0.39, 0.29) is 0 Å². The van der Waals surface area contributed by atoms with E-state index < -0.39 is 0 Å². The topological polar surface area (TPSA) is 70.0 Å². The molecule has 2 unspecified atom stereocenters. The average molecular weight is 1040 g/mol. The number of hydrogen-bond donors (Lipinski definition) is 0. The average Bonchev–Trinajstić information content (AvgIpc) is 4.11. The SMILES string of the molecule is CCCCCCCCCCC(CCCCCCCC)COc1ccc(-c2nc3c(C)c4nsnc4c(-c4ccc(C)s4)c3nc2-c2ccc(OCC(CCCCCCCC)CCCCCCCCCC)cc2)cc1. The molecule has 0 amide bonds. The van der Waals surface area contributed by atoms with Crippen LogP contribution in [0.2, 0.25) is 0 Å². The van der Waals surface area contributed by atoms with Gasteiger partial charge in [0.05, 0.1) is 41.8 Å². The molecule has 0 aliphatic carbocycles. The van der Waals surface area contributed by atoms with E-state index in [1.807, 2.05) is 0 Å². The van der Waals surface area contributed by atoms with E-state index in [2.05, 4.69) is 102 Å². The van der Waals surface area contributed by atoms with Gasteiger partial charge in [0.15, 0.2) is 0 Å². The summed E-state index contributed by atoms with van der Waals surface area (Å²) < 4.78 is 23.0. The van der Waals surface area contributed by atoms with E-state index in [0.29, 0.717) is 11.8 Å². The second-order valence-electron chi connectivity index (χ2n) is 22.0. The number of rotatable bonds is 41. The molecule has 0 saturated heterocycles. The first-order valence-corrected chi connectivity index (χ1v) is 32.0. The van der Waals surface area contributed by atoms with Gasteiger partial charge < -0.3 is 9.47 Å². The number of nitrogens with zero attached hydrogens (tertiary/aromatic N) is 4. The Hall–Kier alpha value is -3.88. The van der Waals surface area contributed by atoms with Crippen molar-refractivity contribution < 1.29 is 9.47 Å². The second-order valence-corrected chi connectivity index (χ2v) is 23.8. The molecule has 6 aromatic rings. The van der Waals surface area contributed by atoms with Crippen LogP contribution in [-0.4, -0.2) is 31.9 Å². The summed E-state index contributed by atoms with van der Waals surface area (Å²) in [7, 11) is 0. The van der Waals surface area contributed by atoms with Gasteiger partial charge in [0.1, 0.15) is 28.0 Å². The number of fused-ring (bicyclic) bond motifs is 2. The third-order valence-corrected chi connectivity index (χ3v) is 17.2. The fraction of sp³-hybridized carbons (Fsp3) is 0.636. The van der Waals surface area contributed by atoms with Crippen LogP contribution >= 0.6 is 23.1 Å². The Morgan fingerprint density at radius 1 is 0.392 bits per heavy atom. The summed E-state index contributed by atoms with van der Waals surface area (Å²) in [6, 6.07) is 21.7. The van der Waals surface area contributed by atoms with Crippen molar-refractivity contribution in [3.63, 3.8) is 0 Å². The van der Waals surface area contributed by atoms with Crippen LogP contribution in [-0.2, 0) is 0 Å². The molecule has 0 spiro atoms. The van der Waals surface area contributed by atoms with Crippen molar-refractivity contribution in [3.8, 4) is 44.5 Å². The highest BCUT2D eigenvalue weighted by atomic mass is 32.1. The summed E-state index contributed by atoms with van der Waals surface area (Å²) in [5.74, 6) is 3.03. The molecule has 0 saturated carbocycles. The van der Waals surface area contributed by atoms with E-state index in [1.165, 1.54) is 222 Å². The summed E-state index contributed by atoms with van der Waals surface area (Å²) in [5.41, 5.74) is 9.34. The summed E-state index contributed by atoms with van der Waals surface area (Å²) >= 11 is 3.04. The first-order chi connectivity index (χ1) is 36.4. The maximum Gasteiger partial charge on any atom is 0.119 e. The molecule has 406 valence electrons. The number of hydrogen-bond acceptors (Lipinski definition) is 8. The van der Waals surface area contributed by atoms with Crippen molar-refractivity contribution >= 4 is 45.1 Å². The summed E-state index contributed by atoms with van der Waals surface area (Å²) in [5, 5.41) is 0. The summed E-state index contributed by atoms with van der Waals surface area (Å²) in [6.07, 6.45) is 42.8. The molecule has 3 heterocycles. The molecule has 3 aromatic carbocycles. The van der Waals surface area contributed by atoms with Gasteiger partial charge in [-0.25, -0.2) is 9.97 Å². The monoisotopic (exact) mass is 1040 g/mol. The fourth-order valence-corrected chi connectivity index (χ4v) is 12.4. The van der Waals surface area contributed by atoms with Crippen LogP contribution in [0.1, 0.15) is 244 Å². The minimum atomic E-state index is 0.589. The van der Waals surface area contributed by atoms with Gasteiger partial charge in [-0.2, -0.15) is 8.75 Å². The molecule has 0 bridgehead atoms. The number of aromatic nitrogens is 4. The third-order valence-electron chi connectivity index (χ3n) is 15.6. The maximum absolute atomic E-state index is 6.68. The van der Waals surface area contributed by atoms with Gasteiger partial charge in [0, 0.05) is 32.0 Å². The number of thiophene rings is 1. The van der Waals surface area contributed by atoms with Gasteiger partial charge in [-0.1, -0.05) is 207 Å². The molecule has 8 heteroatoms. The zero-order chi connectivity index (χ0) is 52.0. The van der Waals surface area contributed by atoms with Crippen molar-refractivity contribution in [1.29, 1.82) is 0 Å². The quantitative estimate of drug-likeness (QED) is 0.0356. The smallest absolute Gasteiger partial charge is 0.119 e. The molecule has 0 aliphatic rings. The van der Waals surface area contributed by atoms with Crippen molar-refractivity contribution in [2.75, 3.05) is 13.2 Å². The Kier molecular flexibility index (Phi) is 27.9. The normalized spacial score (nSPS) is 12.6. The molecule has 6 rings (SSSR count). The number of aryl methyl sites for hydroxylation is 2. The number of unbranched alkanes of at least 4 members (excludes halogenated alkanes) is 24. The molecule has 3 aromatic heterocycles. The van der Waals surface area contributed by atoms with Crippen LogP contribution in [0, 0.1) is 25.7 Å². The number of benzene rings is 3. The predicted molar refractivity (Wildman–Crippen MR) is 323 cm³/mol. The zero-order valence-electron chi connectivity index (χ0n) is 47.4. The number of ether oxygens (including phenoxy) is 2. The van der Waals surface area contributed by atoms with Crippen LogP contribution in [0.25, 0.3) is 55.0 Å². The van der Waals surface area contributed by atoms with Crippen LogP contribution in [0.15, 0.2) is 60.7 Å². The first kappa shape index (κ1) is 59.4. The summed E-state index contributed by atoms with van der Waals surface area (Å²) in [6.45, 7) is 15.1. The van der Waals surface area contributed by atoms with Crippen LogP contribution < -0.4 is 9.47 Å². The lowest BCUT2D eigenvalue weighted by Crippen LogP contribution is -2.12. The highest BCUT2D eigenvalue weighted by molar-refractivity contribution is 7.15. The molecule has 0 radical (unpaired) electrons. The van der Waals surface area contributed by atoms with Gasteiger partial charge >= 0.3 is 0 Å². The van der Waals surface area contributed by atoms with Crippen molar-refractivity contribution in [2.45, 2.75) is 247 Å². The van der Waals surface area contributed by atoms with Crippen LogP contribution in [0.4, 0.5) is 0 Å². The van der Waals surface area contributed by atoms with Gasteiger partial charge in [-0.15, -0.1) is 11.3 Å². The van der Waals surface area contributed by atoms with E-state index in [4.69, 9.17) is 28.2 Å². The van der Waals surface area contributed by atoms with Crippen LogP contribution in [0.3, 0.4) is 0 Å². The standard InChI is InChI=1S/C66H98N4O2S2/c1-7-11-15-19-23-25-29-33-37-53(35-31-27-21-17-13-9-3)49-71-57-44-40-55(41-45-57)63-64(68-65-60(59-48-39-51(5)73-59)66-62(69-74-70-66)52(6)61(65)67-63)56-42-46-58(47-43-56)72-50-54(36-32-28-22-18-14-10-4)38-34-30-26-24-20-16-12-8-2/h39-48,53-54H,7-38,49-50H2,1-6H3. The Balaban J connectivity index is 1.22. The van der Waals surface area contributed by atoms with E-state index in [0.717, 1.165) is 85.3 Å². The Morgan fingerprint density at radius 3 is 1.14 bits per heavy atom.